The minimum absolute atomic E-state index is 0.0634. The van der Waals surface area contributed by atoms with E-state index in [1.807, 2.05) is 102 Å². The summed E-state index contributed by atoms with van der Waals surface area (Å²) in [6, 6.07) is 27.5. The Morgan fingerprint density at radius 1 is 0.861 bits per heavy atom. The third-order valence-corrected chi connectivity index (χ3v) is 6.36. The van der Waals surface area contributed by atoms with Crippen molar-refractivity contribution in [1.82, 2.24) is 9.78 Å². The van der Waals surface area contributed by atoms with Crippen molar-refractivity contribution in [3.63, 3.8) is 0 Å². The van der Waals surface area contributed by atoms with Crippen LogP contribution in [0.3, 0.4) is 0 Å². The first-order valence-corrected chi connectivity index (χ1v) is 12.0. The molecular weight excluding hydrogens is 450 g/mol. The number of ether oxygens (including phenoxy) is 1. The molecule has 178 valence electrons. The summed E-state index contributed by atoms with van der Waals surface area (Å²) in [5, 5.41) is 5.81. The zero-order valence-electron chi connectivity index (χ0n) is 19.7. The molecule has 0 N–H and O–H groups in total. The van der Waals surface area contributed by atoms with Crippen molar-refractivity contribution >= 4 is 28.5 Å². The van der Waals surface area contributed by atoms with E-state index in [4.69, 9.17) is 14.3 Å². The normalized spacial score (nSPS) is 14.1. The molecule has 3 heterocycles. The molecule has 1 aliphatic rings. The summed E-state index contributed by atoms with van der Waals surface area (Å²) in [6.07, 6.45) is 5.33. The summed E-state index contributed by atoms with van der Waals surface area (Å²) in [7, 11) is 0. The number of benzene rings is 3. The second-order valence-electron chi connectivity index (χ2n) is 8.71. The molecule has 0 radical (unpaired) electrons. The molecule has 5 aromatic rings. The van der Waals surface area contributed by atoms with Gasteiger partial charge in [-0.3, -0.25) is 4.79 Å². The van der Waals surface area contributed by atoms with Crippen molar-refractivity contribution in [1.29, 1.82) is 0 Å². The Morgan fingerprint density at radius 3 is 2.39 bits per heavy atom. The van der Waals surface area contributed by atoms with Gasteiger partial charge in [-0.25, -0.2) is 4.68 Å². The minimum Gasteiger partial charge on any atom is -0.454 e. The lowest BCUT2D eigenvalue weighted by molar-refractivity contribution is 0.104. The number of furan rings is 1. The summed E-state index contributed by atoms with van der Waals surface area (Å²) in [4.78, 5) is 15.3. The maximum atomic E-state index is 13.0. The maximum Gasteiger partial charge on any atom is 0.185 e. The van der Waals surface area contributed by atoms with E-state index in [0.717, 1.165) is 54.2 Å². The van der Waals surface area contributed by atoms with Crippen LogP contribution < -0.4 is 4.90 Å². The smallest absolute Gasteiger partial charge is 0.185 e. The summed E-state index contributed by atoms with van der Waals surface area (Å²) < 4.78 is 13.3. The van der Waals surface area contributed by atoms with Gasteiger partial charge in [0.25, 0.3) is 0 Å². The summed E-state index contributed by atoms with van der Waals surface area (Å²) >= 11 is 0. The van der Waals surface area contributed by atoms with E-state index in [1.54, 1.807) is 6.08 Å². The largest absolute Gasteiger partial charge is 0.454 e. The molecule has 0 amide bonds. The molecule has 1 aliphatic heterocycles. The first-order valence-electron chi connectivity index (χ1n) is 12.0. The fraction of sp³-hybridized carbons (Fsp3) is 0.133. The number of carbonyl (C=O) groups is 1. The lowest BCUT2D eigenvalue weighted by atomic mass is 10.1. The zero-order valence-corrected chi connectivity index (χ0v) is 19.7. The van der Waals surface area contributed by atoms with Crippen molar-refractivity contribution in [2.24, 2.45) is 0 Å². The van der Waals surface area contributed by atoms with Crippen molar-refractivity contribution in [3.8, 4) is 17.1 Å². The lowest BCUT2D eigenvalue weighted by Gasteiger charge is -2.28. The molecule has 0 bridgehead atoms. The van der Waals surface area contributed by atoms with Crippen molar-refractivity contribution in [2.45, 2.75) is 0 Å². The number of aromatic nitrogens is 2. The Bertz CT molecular complexity index is 1490. The molecule has 6 rings (SSSR count). The fourth-order valence-electron chi connectivity index (χ4n) is 4.43. The van der Waals surface area contributed by atoms with E-state index in [0.29, 0.717) is 17.0 Å². The first-order chi connectivity index (χ1) is 17.7. The molecule has 36 heavy (non-hydrogen) atoms. The van der Waals surface area contributed by atoms with Gasteiger partial charge in [-0.1, -0.05) is 36.4 Å². The highest BCUT2D eigenvalue weighted by molar-refractivity contribution is 6.07. The zero-order chi connectivity index (χ0) is 24.3. The highest BCUT2D eigenvalue weighted by Crippen LogP contribution is 2.30. The molecule has 0 aliphatic carbocycles. The number of nitrogens with zero attached hydrogens (tertiary/aromatic N) is 3. The molecule has 1 fully saturated rings. The molecule has 1 saturated heterocycles. The average molecular weight is 476 g/mol. The molecule has 0 saturated carbocycles. The highest BCUT2D eigenvalue weighted by Gasteiger charge is 2.16. The van der Waals surface area contributed by atoms with Gasteiger partial charge in [0.05, 0.1) is 18.9 Å². The Hall–Kier alpha value is -4.42. The third kappa shape index (κ3) is 4.46. The Kier molecular flexibility index (Phi) is 5.93. The van der Waals surface area contributed by atoms with Crippen LogP contribution in [0.2, 0.25) is 0 Å². The monoisotopic (exact) mass is 475 g/mol. The number of anilines is 1. The SMILES string of the molecule is O=C(C=Cc1cn(-c2ccccc2)nc1-c1cc2ccccc2o1)c1ccc(N2CCOCC2)cc1. The number of hydrogen-bond acceptors (Lipinski definition) is 5. The topological polar surface area (TPSA) is 60.5 Å². The van der Waals surface area contributed by atoms with Gasteiger partial charge >= 0.3 is 0 Å². The van der Waals surface area contributed by atoms with Gasteiger partial charge in [-0.2, -0.15) is 5.10 Å². The number of rotatable bonds is 6. The van der Waals surface area contributed by atoms with Gasteiger partial charge in [0.2, 0.25) is 0 Å². The van der Waals surface area contributed by atoms with Crippen LogP contribution in [0.15, 0.2) is 102 Å². The standard InChI is InChI=1S/C30H25N3O3/c34-27(22-10-13-25(14-11-22)32-16-18-35-19-17-32)15-12-24-21-33(26-7-2-1-3-8-26)31-30(24)29-20-23-6-4-5-9-28(23)36-29/h1-15,20-21H,16-19H2. The van der Waals surface area contributed by atoms with Crippen LogP contribution in [0, 0.1) is 0 Å². The van der Waals surface area contributed by atoms with Gasteiger partial charge in [0.15, 0.2) is 11.5 Å². The second-order valence-corrected chi connectivity index (χ2v) is 8.71. The Balaban J connectivity index is 1.30. The lowest BCUT2D eigenvalue weighted by Crippen LogP contribution is -2.36. The van der Waals surface area contributed by atoms with Crippen LogP contribution in [0.1, 0.15) is 15.9 Å². The predicted molar refractivity (Wildman–Crippen MR) is 142 cm³/mol. The minimum atomic E-state index is -0.0634. The number of morpholine rings is 1. The predicted octanol–water partition coefficient (Wildman–Crippen LogP) is 6.02. The average Bonchev–Trinajstić information content (AvgIpc) is 3.57. The molecule has 0 atom stereocenters. The van der Waals surface area contributed by atoms with E-state index in [-0.39, 0.29) is 5.78 Å². The fourth-order valence-corrected chi connectivity index (χ4v) is 4.43. The summed E-state index contributed by atoms with van der Waals surface area (Å²) in [5.74, 6) is 0.597. The molecule has 2 aromatic heterocycles. The summed E-state index contributed by atoms with van der Waals surface area (Å²) in [5.41, 5.74) is 4.96. The Morgan fingerprint density at radius 2 is 1.61 bits per heavy atom. The second kappa shape index (κ2) is 9.68. The molecule has 0 unspecified atom stereocenters. The van der Waals surface area contributed by atoms with Crippen LogP contribution >= 0.6 is 0 Å². The number of ketones is 1. The van der Waals surface area contributed by atoms with E-state index >= 15 is 0 Å². The van der Waals surface area contributed by atoms with Gasteiger partial charge in [-0.05, 0) is 60.7 Å². The number of allylic oxidation sites excluding steroid dienone is 1. The van der Waals surface area contributed by atoms with Crippen LogP contribution in [-0.2, 0) is 4.74 Å². The Labute approximate surface area is 209 Å². The third-order valence-electron chi connectivity index (χ3n) is 6.36. The molecule has 0 spiro atoms. The number of carbonyl (C=O) groups excluding carboxylic acids is 1. The van der Waals surface area contributed by atoms with Crippen molar-refractivity contribution in [2.75, 3.05) is 31.2 Å². The number of hydrogen-bond donors (Lipinski definition) is 0. The van der Waals surface area contributed by atoms with Crippen LogP contribution in [-0.4, -0.2) is 41.9 Å². The summed E-state index contributed by atoms with van der Waals surface area (Å²) in [6.45, 7) is 3.19. The van der Waals surface area contributed by atoms with Gasteiger partial charge in [0.1, 0.15) is 11.3 Å². The van der Waals surface area contributed by atoms with Crippen LogP contribution in [0.25, 0.3) is 34.2 Å². The highest BCUT2D eigenvalue weighted by atomic mass is 16.5. The van der Waals surface area contributed by atoms with Crippen LogP contribution in [0.4, 0.5) is 5.69 Å². The molecule has 6 heteroatoms. The van der Waals surface area contributed by atoms with Crippen molar-refractivity contribution < 1.29 is 13.9 Å². The van der Waals surface area contributed by atoms with Gasteiger partial charge < -0.3 is 14.1 Å². The van der Waals surface area contributed by atoms with E-state index in [1.165, 1.54) is 0 Å². The van der Waals surface area contributed by atoms with E-state index in [2.05, 4.69) is 4.90 Å². The number of para-hydroxylation sites is 2. The number of fused-ring (bicyclic) bond motifs is 1. The van der Waals surface area contributed by atoms with E-state index in [9.17, 15) is 4.79 Å². The maximum absolute atomic E-state index is 13.0. The molecular formula is C30H25N3O3. The van der Waals surface area contributed by atoms with E-state index < -0.39 is 0 Å². The first kappa shape index (κ1) is 22.1. The van der Waals surface area contributed by atoms with Crippen LogP contribution in [0.5, 0.6) is 0 Å². The molecule has 3 aromatic carbocycles. The van der Waals surface area contributed by atoms with Crippen molar-refractivity contribution in [3.05, 3.63) is 108 Å². The van der Waals surface area contributed by atoms with Gasteiger partial charge in [-0.15, -0.1) is 0 Å². The molecule has 6 nitrogen and oxygen atoms in total. The van der Waals surface area contributed by atoms with Gasteiger partial charge in [0, 0.05) is 41.5 Å². The quantitative estimate of drug-likeness (QED) is 0.222.